The van der Waals surface area contributed by atoms with Crippen molar-refractivity contribution in [2.75, 3.05) is 11.4 Å². The van der Waals surface area contributed by atoms with Crippen LogP contribution in [-0.4, -0.2) is 23.3 Å². The summed E-state index contributed by atoms with van der Waals surface area (Å²) in [6, 6.07) is 13.7. The summed E-state index contributed by atoms with van der Waals surface area (Å²) in [5, 5.41) is 2.82. The van der Waals surface area contributed by atoms with Gasteiger partial charge in [0.15, 0.2) is 11.6 Å². The number of hydrogen-bond acceptors (Lipinski definition) is 4. The molecule has 1 saturated heterocycles. The van der Waals surface area contributed by atoms with E-state index in [-0.39, 0.29) is 30.5 Å². The first-order valence-electron chi connectivity index (χ1n) is 10.4. The Morgan fingerprint density at radius 3 is 2.81 bits per heavy atom. The Labute approximate surface area is 186 Å². The first kappa shape index (κ1) is 21.5. The molecule has 1 unspecified atom stereocenters. The lowest BCUT2D eigenvalue weighted by atomic mass is 10.1. The van der Waals surface area contributed by atoms with E-state index in [0.717, 1.165) is 16.8 Å². The Hall–Kier alpha value is -3.74. The topological polar surface area (TPSA) is 71.5 Å². The lowest BCUT2D eigenvalue weighted by Gasteiger charge is -2.20. The first-order valence-corrected chi connectivity index (χ1v) is 10.4. The number of pyridine rings is 1. The molecule has 164 valence electrons. The number of amides is 2. The molecule has 7 heteroatoms. The van der Waals surface area contributed by atoms with E-state index in [0.29, 0.717) is 17.9 Å². The van der Waals surface area contributed by atoms with Gasteiger partial charge in [-0.1, -0.05) is 18.2 Å². The van der Waals surface area contributed by atoms with E-state index in [2.05, 4.69) is 10.3 Å². The van der Waals surface area contributed by atoms with E-state index in [1.807, 2.05) is 32.0 Å². The molecule has 3 aromatic rings. The Balaban J connectivity index is 1.36. The van der Waals surface area contributed by atoms with Crippen LogP contribution in [0.15, 0.2) is 60.9 Å². The molecule has 0 aliphatic carbocycles. The van der Waals surface area contributed by atoms with Gasteiger partial charge in [0.05, 0.1) is 12.1 Å². The number of carbonyl (C=O) groups excluding carboxylic acids is 2. The summed E-state index contributed by atoms with van der Waals surface area (Å²) in [4.78, 5) is 30.8. The number of carbonyl (C=O) groups is 2. The molecule has 1 atom stereocenters. The normalized spacial score (nSPS) is 15.7. The number of hydrogen-bond donors (Lipinski definition) is 1. The third kappa shape index (κ3) is 4.61. The second kappa shape index (κ2) is 9.18. The summed E-state index contributed by atoms with van der Waals surface area (Å²) in [7, 11) is 0. The number of rotatable bonds is 6. The predicted octanol–water partition coefficient (Wildman–Crippen LogP) is 4.30. The highest BCUT2D eigenvalue weighted by molar-refractivity contribution is 6.00. The highest BCUT2D eigenvalue weighted by atomic mass is 19.1. The number of anilines is 1. The fourth-order valence-electron chi connectivity index (χ4n) is 3.75. The van der Waals surface area contributed by atoms with Crippen molar-refractivity contribution in [2.24, 2.45) is 5.92 Å². The SMILES string of the molecule is Cc1cccc(N2CC(C(=O)NCc3ccc(Oc4cccnc4)c(F)c3)CC2=O)c1C. The van der Waals surface area contributed by atoms with Crippen molar-refractivity contribution in [1.82, 2.24) is 10.3 Å². The van der Waals surface area contributed by atoms with Crippen LogP contribution in [-0.2, 0) is 16.1 Å². The van der Waals surface area contributed by atoms with Gasteiger partial charge in [0.2, 0.25) is 11.8 Å². The number of aromatic nitrogens is 1. The Kier molecular flexibility index (Phi) is 6.16. The fourth-order valence-corrected chi connectivity index (χ4v) is 3.75. The van der Waals surface area contributed by atoms with E-state index in [1.165, 1.54) is 18.3 Å². The van der Waals surface area contributed by atoms with Crippen molar-refractivity contribution in [3.63, 3.8) is 0 Å². The van der Waals surface area contributed by atoms with Crippen molar-refractivity contribution >= 4 is 17.5 Å². The van der Waals surface area contributed by atoms with Gasteiger partial charge in [-0.25, -0.2) is 4.39 Å². The molecule has 6 nitrogen and oxygen atoms in total. The second-order valence-corrected chi connectivity index (χ2v) is 7.90. The molecule has 0 spiro atoms. The highest BCUT2D eigenvalue weighted by Gasteiger charge is 2.35. The third-order valence-electron chi connectivity index (χ3n) is 5.69. The maximum absolute atomic E-state index is 14.4. The maximum atomic E-state index is 14.4. The largest absolute Gasteiger partial charge is 0.453 e. The third-order valence-corrected chi connectivity index (χ3v) is 5.69. The van der Waals surface area contributed by atoms with Crippen LogP contribution < -0.4 is 15.0 Å². The standard InChI is InChI=1S/C25H24FN3O3/c1-16-5-3-7-22(17(16)2)29-15-19(12-24(29)30)25(31)28-13-18-8-9-23(21(26)11-18)32-20-6-4-10-27-14-20/h3-11,14,19H,12-13,15H2,1-2H3,(H,28,31). The molecule has 4 rings (SSSR count). The maximum Gasteiger partial charge on any atom is 0.227 e. The summed E-state index contributed by atoms with van der Waals surface area (Å²) in [5.74, 6) is -0.743. The first-order chi connectivity index (χ1) is 15.4. The highest BCUT2D eigenvalue weighted by Crippen LogP contribution is 2.29. The van der Waals surface area contributed by atoms with E-state index in [1.54, 1.807) is 29.3 Å². The molecule has 0 radical (unpaired) electrons. The average Bonchev–Trinajstić information content (AvgIpc) is 3.18. The molecular weight excluding hydrogens is 409 g/mol. The fraction of sp³-hybridized carbons (Fsp3) is 0.240. The molecule has 2 amide bonds. The van der Waals surface area contributed by atoms with E-state index < -0.39 is 11.7 Å². The van der Waals surface area contributed by atoms with Crippen LogP contribution in [0.2, 0.25) is 0 Å². The van der Waals surface area contributed by atoms with Gasteiger partial charge in [-0.15, -0.1) is 0 Å². The van der Waals surface area contributed by atoms with E-state index in [9.17, 15) is 14.0 Å². The summed E-state index contributed by atoms with van der Waals surface area (Å²) in [6.45, 7) is 4.47. The zero-order valence-electron chi connectivity index (χ0n) is 18.0. The summed E-state index contributed by atoms with van der Waals surface area (Å²) in [5.41, 5.74) is 3.58. The second-order valence-electron chi connectivity index (χ2n) is 7.90. The van der Waals surface area contributed by atoms with Gasteiger partial charge in [-0.2, -0.15) is 0 Å². The Morgan fingerprint density at radius 1 is 1.22 bits per heavy atom. The van der Waals surface area contributed by atoms with Gasteiger partial charge < -0.3 is 15.0 Å². The number of ether oxygens (including phenoxy) is 1. The lowest BCUT2D eigenvalue weighted by molar-refractivity contribution is -0.126. The van der Waals surface area contributed by atoms with E-state index >= 15 is 0 Å². The summed E-state index contributed by atoms with van der Waals surface area (Å²) in [6.07, 6.45) is 3.26. The van der Waals surface area contributed by atoms with Gasteiger partial charge in [-0.05, 0) is 60.9 Å². The molecule has 1 aliphatic heterocycles. The van der Waals surface area contributed by atoms with Crippen molar-refractivity contribution < 1.29 is 18.7 Å². The Morgan fingerprint density at radius 2 is 2.06 bits per heavy atom. The smallest absolute Gasteiger partial charge is 0.227 e. The van der Waals surface area contributed by atoms with Gasteiger partial charge in [-0.3, -0.25) is 14.6 Å². The van der Waals surface area contributed by atoms with Crippen LogP contribution in [0, 0.1) is 25.6 Å². The molecule has 32 heavy (non-hydrogen) atoms. The zero-order chi connectivity index (χ0) is 22.7. The number of aryl methyl sites for hydroxylation is 1. The van der Waals surface area contributed by atoms with Crippen LogP contribution in [0.4, 0.5) is 10.1 Å². The van der Waals surface area contributed by atoms with Crippen LogP contribution in [0.1, 0.15) is 23.1 Å². The minimum Gasteiger partial charge on any atom is -0.453 e. The van der Waals surface area contributed by atoms with Crippen LogP contribution in [0.3, 0.4) is 0 Å². The van der Waals surface area contributed by atoms with Crippen LogP contribution in [0.5, 0.6) is 11.5 Å². The number of halogens is 1. The molecular formula is C25H24FN3O3. The summed E-state index contributed by atoms with van der Waals surface area (Å²) < 4.78 is 19.9. The van der Waals surface area contributed by atoms with Crippen molar-refractivity contribution in [3.05, 3.63) is 83.4 Å². The molecule has 1 fully saturated rings. The zero-order valence-corrected chi connectivity index (χ0v) is 18.0. The van der Waals surface area contributed by atoms with Gasteiger partial charge >= 0.3 is 0 Å². The number of benzene rings is 2. The average molecular weight is 433 g/mol. The Bertz CT molecular complexity index is 1150. The van der Waals surface area contributed by atoms with Crippen LogP contribution in [0.25, 0.3) is 0 Å². The van der Waals surface area contributed by atoms with Gasteiger partial charge in [0.1, 0.15) is 5.75 Å². The van der Waals surface area contributed by atoms with Crippen molar-refractivity contribution in [3.8, 4) is 11.5 Å². The van der Waals surface area contributed by atoms with Crippen molar-refractivity contribution in [2.45, 2.75) is 26.8 Å². The molecule has 1 aliphatic rings. The molecule has 0 saturated carbocycles. The minimum atomic E-state index is -0.530. The minimum absolute atomic E-state index is 0.0678. The van der Waals surface area contributed by atoms with Gasteiger partial charge in [0, 0.05) is 31.4 Å². The quantitative estimate of drug-likeness (QED) is 0.629. The van der Waals surface area contributed by atoms with Crippen LogP contribution >= 0.6 is 0 Å². The molecule has 0 bridgehead atoms. The lowest BCUT2D eigenvalue weighted by Crippen LogP contribution is -2.32. The van der Waals surface area contributed by atoms with Gasteiger partial charge in [0.25, 0.3) is 0 Å². The molecule has 1 aromatic heterocycles. The number of nitrogens with zero attached hydrogens (tertiary/aromatic N) is 2. The predicted molar refractivity (Wildman–Crippen MR) is 119 cm³/mol. The van der Waals surface area contributed by atoms with Crippen molar-refractivity contribution in [1.29, 1.82) is 0 Å². The molecule has 2 heterocycles. The molecule has 2 aromatic carbocycles. The van der Waals surface area contributed by atoms with E-state index in [4.69, 9.17) is 4.74 Å². The summed E-state index contributed by atoms with van der Waals surface area (Å²) >= 11 is 0. The monoisotopic (exact) mass is 433 g/mol. The molecule has 1 N–H and O–H groups in total. The number of nitrogens with one attached hydrogen (secondary N) is 1.